The normalized spacial score (nSPS) is 17.0. The maximum atomic E-state index is 13.4. The second kappa shape index (κ2) is 7.53. The molecule has 4 heterocycles. The number of rotatable bonds is 5. The molecule has 1 N–H and O–H groups in total. The number of hydrogen-bond acceptors (Lipinski definition) is 5. The van der Waals surface area contributed by atoms with Gasteiger partial charge in [-0.1, -0.05) is 0 Å². The van der Waals surface area contributed by atoms with Crippen LogP contribution in [-0.4, -0.2) is 36.9 Å². The Labute approximate surface area is 180 Å². The summed E-state index contributed by atoms with van der Waals surface area (Å²) >= 11 is 0. The van der Waals surface area contributed by atoms with E-state index in [0.29, 0.717) is 28.2 Å². The molecule has 0 fully saturated rings. The molecular weight excluding hydrogens is 397 g/mol. The van der Waals surface area contributed by atoms with E-state index in [0.717, 1.165) is 11.1 Å². The van der Waals surface area contributed by atoms with Crippen LogP contribution in [0.4, 0.5) is 10.1 Å². The third-order valence-corrected chi connectivity index (χ3v) is 5.63. The molecule has 1 aliphatic heterocycles. The highest BCUT2D eigenvalue weighted by molar-refractivity contribution is 6.12. The Hall–Kier alpha value is -3.13. The molecule has 0 aliphatic carbocycles. The first-order valence-electron chi connectivity index (χ1n) is 10.3. The van der Waals surface area contributed by atoms with Crippen molar-refractivity contribution in [1.82, 2.24) is 19.7 Å². The zero-order valence-electron chi connectivity index (χ0n) is 18.3. The summed E-state index contributed by atoms with van der Waals surface area (Å²) in [5.41, 5.74) is 4.09. The molecule has 162 valence electrons. The van der Waals surface area contributed by atoms with Gasteiger partial charge in [0.2, 0.25) is 0 Å². The third-order valence-electron chi connectivity index (χ3n) is 5.63. The van der Waals surface area contributed by atoms with Gasteiger partial charge >= 0.3 is 0 Å². The zero-order chi connectivity index (χ0) is 22.5. The van der Waals surface area contributed by atoms with Crippen molar-refractivity contribution in [3.8, 4) is 11.3 Å². The molecule has 0 spiro atoms. The smallest absolute Gasteiger partial charge is 0.261 e. The van der Waals surface area contributed by atoms with Crippen LogP contribution in [0.5, 0.6) is 0 Å². The van der Waals surface area contributed by atoms with E-state index in [1.165, 1.54) is 11.6 Å². The molecule has 7 nitrogen and oxygen atoms in total. The number of aliphatic hydroxyl groups is 1. The standard InChI is InChI=1S/C23H26FN5O2/c1-13-6-19(17-7-16(15(3)30)8-25-9-17)27-21-20(13)22(31)29(23(21,4)5)18-10-26-28(12-18)11-14(2)24/h6-10,12,14-15,30H,11H2,1-5H3. The highest BCUT2D eigenvalue weighted by Crippen LogP contribution is 2.43. The lowest BCUT2D eigenvalue weighted by Crippen LogP contribution is -2.39. The van der Waals surface area contributed by atoms with Crippen molar-refractivity contribution in [1.29, 1.82) is 0 Å². The molecule has 1 amide bonds. The molecule has 3 aromatic rings. The number of nitrogens with zero attached hydrogens (tertiary/aromatic N) is 5. The van der Waals surface area contributed by atoms with Crippen molar-refractivity contribution >= 4 is 11.6 Å². The number of anilines is 1. The lowest BCUT2D eigenvalue weighted by atomic mass is 9.96. The number of carbonyl (C=O) groups is 1. The number of fused-ring (bicyclic) bond motifs is 1. The molecule has 0 bridgehead atoms. The quantitative estimate of drug-likeness (QED) is 0.672. The number of alkyl halides is 1. The highest BCUT2D eigenvalue weighted by atomic mass is 19.1. The number of halogens is 1. The van der Waals surface area contributed by atoms with Crippen molar-refractivity contribution in [2.24, 2.45) is 0 Å². The Balaban J connectivity index is 1.78. The predicted octanol–water partition coefficient (Wildman–Crippen LogP) is 3.96. The lowest BCUT2D eigenvalue weighted by molar-refractivity contribution is 0.0981. The predicted molar refractivity (Wildman–Crippen MR) is 115 cm³/mol. The minimum absolute atomic E-state index is 0.128. The van der Waals surface area contributed by atoms with Crippen LogP contribution < -0.4 is 4.90 Å². The monoisotopic (exact) mass is 423 g/mol. The van der Waals surface area contributed by atoms with Gasteiger partial charge < -0.3 is 5.11 Å². The van der Waals surface area contributed by atoms with Crippen LogP contribution in [0.25, 0.3) is 11.3 Å². The van der Waals surface area contributed by atoms with Crippen LogP contribution >= 0.6 is 0 Å². The van der Waals surface area contributed by atoms with Crippen molar-refractivity contribution in [3.63, 3.8) is 0 Å². The van der Waals surface area contributed by atoms with E-state index < -0.39 is 17.8 Å². The minimum atomic E-state index is -1.04. The van der Waals surface area contributed by atoms with Gasteiger partial charge in [-0.3, -0.25) is 19.4 Å². The maximum absolute atomic E-state index is 13.4. The van der Waals surface area contributed by atoms with E-state index in [1.807, 2.05) is 32.9 Å². The minimum Gasteiger partial charge on any atom is -0.389 e. The Kier molecular flexibility index (Phi) is 5.13. The van der Waals surface area contributed by atoms with Gasteiger partial charge in [0.25, 0.3) is 5.91 Å². The summed E-state index contributed by atoms with van der Waals surface area (Å²) in [5, 5.41) is 14.1. The lowest BCUT2D eigenvalue weighted by Gasteiger charge is -2.30. The molecule has 4 rings (SSSR count). The summed E-state index contributed by atoms with van der Waals surface area (Å²) in [7, 11) is 0. The molecule has 0 saturated carbocycles. The largest absolute Gasteiger partial charge is 0.389 e. The molecule has 3 aromatic heterocycles. The van der Waals surface area contributed by atoms with Crippen LogP contribution in [-0.2, 0) is 12.1 Å². The zero-order valence-corrected chi connectivity index (χ0v) is 18.3. The second-order valence-corrected chi connectivity index (χ2v) is 8.63. The average Bonchev–Trinajstić information content (AvgIpc) is 3.21. The summed E-state index contributed by atoms with van der Waals surface area (Å²) in [4.78, 5) is 24.1. The van der Waals surface area contributed by atoms with Crippen LogP contribution in [0.3, 0.4) is 0 Å². The number of hydrogen-bond donors (Lipinski definition) is 1. The van der Waals surface area contributed by atoms with Gasteiger partial charge in [0.05, 0.1) is 47.0 Å². The van der Waals surface area contributed by atoms with Crippen LogP contribution in [0.15, 0.2) is 36.9 Å². The van der Waals surface area contributed by atoms with E-state index in [-0.39, 0.29) is 12.5 Å². The van der Waals surface area contributed by atoms with E-state index in [9.17, 15) is 14.3 Å². The van der Waals surface area contributed by atoms with Gasteiger partial charge in [-0.15, -0.1) is 0 Å². The number of carbonyl (C=O) groups excluding carboxylic acids is 1. The fraction of sp³-hybridized carbons (Fsp3) is 0.391. The van der Waals surface area contributed by atoms with Gasteiger partial charge in [-0.05, 0) is 57.9 Å². The molecule has 1 aliphatic rings. The number of aromatic nitrogens is 4. The fourth-order valence-corrected chi connectivity index (χ4v) is 4.10. The summed E-state index contributed by atoms with van der Waals surface area (Å²) in [6.45, 7) is 9.05. The molecule has 0 radical (unpaired) electrons. The van der Waals surface area contributed by atoms with Gasteiger partial charge in [-0.2, -0.15) is 5.10 Å². The summed E-state index contributed by atoms with van der Waals surface area (Å²) < 4.78 is 14.9. The molecule has 2 unspecified atom stereocenters. The number of amides is 1. The molecule has 0 aromatic carbocycles. The van der Waals surface area contributed by atoms with E-state index in [4.69, 9.17) is 4.98 Å². The maximum Gasteiger partial charge on any atom is 0.261 e. The molecule has 2 atom stereocenters. The first kappa shape index (κ1) is 21.1. The second-order valence-electron chi connectivity index (χ2n) is 8.63. The van der Waals surface area contributed by atoms with Crippen molar-refractivity contribution in [2.75, 3.05) is 4.90 Å². The first-order chi connectivity index (χ1) is 14.6. The number of pyridine rings is 2. The van der Waals surface area contributed by atoms with Crippen molar-refractivity contribution in [3.05, 3.63) is 59.3 Å². The Morgan fingerprint density at radius 3 is 2.61 bits per heavy atom. The van der Waals surface area contributed by atoms with E-state index >= 15 is 0 Å². The average molecular weight is 423 g/mol. The van der Waals surface area contributed by atoms with Gasteiger partial charge in [-0.25, -0.2) is 9.37 Å². The number of aliphatic hydroxyl groups excluding tert-OH is 1. The van der Waals surface area contributed by atoms with Crippen molar-refractivity contribution in [2.45, 2.75) is 59.0 Å². The van der Waals surface area contributed by atoms with Crippen molar-refractivity contribution < 1.29 is 14.3 Å². The van der Waals surface area contributed by atoms with Gasteiger partial charge in [0.1, 0.15) is 6.17 Å². The molecule has 31 heavy (non-hydrogen) atoms. The van der Waals surface area contributed by atoms with Gasteiger partial charge in [0, 0.05) is 24.2 Å². The third kappa shape index (κ3) is 3.61. The summed E-state index contributed by atoms with van der Waals surface area (Å²) in [6.07, 6.45) is 4.92. The Morgan fingerprint density at radius 2 is 1.94 bits per heavy atom. The molecular formula is C23H26FN5O2. The summed E-state index contributed by atoms with van der Waals surface area (Å²) in [6, 6.07) is 3.73. The Bertz CT molecular complexity index is 1150. The highest BCUT2D eigenvalue weighted by Gasteiger charge is 2.47. The first-order valence-corrected chi connectivity index (χ1v) is 10.3. The van der Waals surface area contributed by atoms with Gasteiger partial charge in [0.15, 0.2) is 0 Å². The van der Waals surface area contributed by atoms with E-state index in [1.54, 1.807) is 36.6 Å². The van der Waals surface area contributed by atoms with E-state index in [2.05, 4.69) is 10.1 Å². The molecule has 8 heteroatoms. The van der Waals surface area contributed by atoms with Crippen LogP contribution in [0, 0.1) is 6.92 Å². The summed E-state index contributed by atoms with van der Waals surface area (Å²) in [5.74, 6) is -0.153. The SMILES string of the molecule is Cc1cc(-c2cncc(C(C)O)c2)nc2c1C(=O)N(c1cnn(CC(C)F)c1)C2(C)C. The number of aryl methyl sites for hydroxylation is 1. The van der Waals surface area contributed by atoms with Crippen LogP contribution in [0.1, 0.15) is 61.0 Å². The fourth-order valence-electron chi connectivity index (χ4n) is 4.10. The van der Waals surface area contributed by atoms with Crippen LogP contribution in [0.2, 0.25) is 0 Å². The topological polar surface area (TPSA) is 84.1 Å². The Morgan fingerprint density at radius 1 is 1.19 bits per heavy atom. The molecule has 0 saturated heterocycles.